The van der Waals surface area contributed by atoms with Gasteiger partial charge in [-0.2, -0.15) is 0 Å². The van der Waals surface area contributed by atoms with E-state index in [-0.39, 0.29) is 50.0 Å². The maximum atomic E-state index is 13.0. The van der Waals surface area contributed by atoms with Gasteiger partial charge in [0.1, 0.15) is 11.1 Å². The summed E-state index contributed by atoms with van der Waals surface area (Å²) in [5.41, 5.74) is 0. The normalized spacial score (nSPS) is 11.4. The molecular formula is C26H37N5O8S3. The number of unbranched alkanes of at least 4 members (excludes halogenated alkanes) is 2. The Bertz CT molecular complexity index is 1240. The largest absolute Gasteiger partial charge is 0.519 e. The van der Waals surface area contributed by atoms with Crippen molar-refractivity contribution in [2.75, 3.05) is 32.9 Å². The Kier molecular flexibility index (Phi) is 15.9. The van der Waals surface area contributed by atoms with Crippen molar-refractivity contribution < 1.29 is 32.7 Å². The third-order valence-electron chi connectivity index (χ3n) is 5.87. The summed E-state index contributed by atoms with van der Waals surface area (Å²) in [6.45, 7) is 1.36. The van der Waals surface area contributed by atoms with E-state index in [1.807, 2.05) is 18.2 Å². The van der Waals surface area contributed by atoms with Gasteiger partial charge in [-0.1, -0.05) is 29.2 Å². The lowest BCUT2D eigenvalue weighted by Gasteiger charge is -2.27. The van der Waals surface area contributed by atoms with Crippen LogP contribution in [0.2, 0.25) is 0 Å². The van der Waals surface area contributed by atoms with E-state index < -0.39 is 29.8 Å². The Labute approximate surface area is 256 Å². The van der Waals surface area contributed by atoms with Crippen LogP contribution in [0.1, 0.15) is 43.6 Å². The highest BCUT2D eigenvalue weighted by atomic mass is 33.1. The van der Waals surface area contributed by atoms with Crippen LogP contribution in [0.3, 0.4) is 0 Å². The average molecular weight is 644 g/mol. The highest BCUT2D eigenvalue weighted by molar-refractivity contribution is 8.76. The average Bonchev–Trinajstić information content (AvgIpc) is 3.30. The molecule has 42 heavy (non-hydrogen) atoms. The number of nitrogens with one attached hydrogen (secondary N) is 2. The third-order valence-corrected chi connectivity index (χ3v) is 8.63. The number of amides is 4. The molecule has 16 heteroatoms. The van der Waals surface area contributed by atoms with Crippen LogP contribution in [0.4, 0.5) is 4.79 Å². The summed E-state index contributed by atoms with van der Waals surface area (Å²) in [6.07, 6.45) is 3.50. The molecule has 232 valence electrons. The Morgan fingerprint density at radius 2 is 1.95 bits per heavy atom. The molecule has 0 aliphatic carbocycles. The summed E-state index contributed by atoms with van der Waals surface area (Å²) in [6, 6.07) is 4.74. The zero-order valence-electron chi connectivity index (χ0n) is 23.8. The van der Waals surface area contributed by atoms with Crippen LogP contribution in [0, 0.1) is 6.92 Å². The van der Waals surface area contributed by atoms with E-state index >= 15 is 0 Å². The number of likely N-dealkylation sites (N-methyl/N-ethyl adjacent to an activating group) is 2. The van der Waals surface area contributed by atoms with Gasteiger partial charge in [0.05, 0.1) is 6.42 Å². The van der Waals surface area contributed by atoms with E-state index in [4.69, 9.17) is 13.6 Å². The van der Waals surface area contributed by atoms with Crippen LogP contribution in [-0.4, -0.2) is 83.4 Å². The molecule has 2 heterocycles. The van der Waals surface area contributed by atoms with Crippen molar-refractivity contribution in [3.8, 4) is 0 Å². The number of hydrogen-bond donors (Lipinski definition) is 3. The molecule has 0 aromatic carbocycles. The zero-order valence-corrected chi connectivity index (χ0v) is 26.4. The predicted octanol–water partition coefficient (Wildman–Crippen LogP) is 2.77. The van der Waals surface area contributed by atoms with Gasteiger partial charge in [-0.3, -0.25) is 14.4 Å². The first kappa shape index (κ1) is 35.0. The van der Waals surface area contributed by atoms with E-state index in [1.54, 1.807) is 27.8 Å². The number of thiol groups is 1. The lowest BCUT2D eigenvalue weighted by Crippen LogP contribution is -2.50. The fourth-order valence-electron chi connectivity index (χ4n) is 3.48. The second-order valence-electron chi connectivity index (χ2n) is 9.00. The van der Waals surface area contributed by atoms with Crippen LogP contribution < -0.4 is 15.9 Å². The van der Waals surface area contributed by atoms with Gasteiger partial charge < -0.3 is 33.4 Å². The molecule has 2 aromatic rings. The summed E-state index contributed by atoms with van der Waals surface area (Å²) in [5, 5.41) is 3.63. The predicted molar refractivity (Wildman–Crippen MR) is 164 cm³/mol. The van der Waals surface area contributed by atoms with Crippen molar-refractivity contribution in [2.24, 2.45) is 0 Å². The van der Waals surface area contributed by atoms with Crippen molar-refractivity contribution >= 4 is 62.8 Å². The van der Waals surface area contributed by atoms with Crippen molar-refractivity contribution in [3.63, 3.8) is 0 Å². The summed E-state index contributed by atoms with van der Waals surface area (Å²) in [5.74, 6) is 2.70. The Balaban J connectivity index is 1.77. The number of carbonyl (C=O) groups excluding carboxylic acids is 4. The molecular weight excluding hydrogens is 607 g/mol. The minimum Gasteiger partial charge on any atom is -0.441 e. The number of hydrogen-bond acceptors (Lipinski definition) is 11. The maximum Gasteiger partial charge on any atom is 0.519 e. The Morgan fingerprint density at radius 3 is 2.62 bits per heavy atom. The molecule has 13 nitrogen and oxygen atoms in total. The molecule has 0 spiro atoms. The Morgan fingerprint density at radius 1 is 1.17 bits per heavy atom. The molecule has 1 atom stereocenters. The molecule has 0 fully saturated rings. The van der Waals surface area contributed by atoms with Gasteiger partial charge in [-0.15, -0.1) is 11.5 Å². The second kappa shape index (κ2) is 19.0. The first-order valence-electron chi connectivity index (χ1n) is 13.1. The van der Waals surface area contributed by atoms with E-state index in [2.05, 4.69) is 20.9 Å². The van der Waals surface area contributed by atoms with E-state index in [0.29, 0.717) is 18.0 Å². The quantitative estimate of drug-likeness (QED) is 0.0947. The van der Waals surface area contributed by atoms with Gasteiger partial charge in [0.25, 0.3) is 0 Å². The van der Waals surface area contributed by atoms with E-state index in [0.717, 1.165) is 23.6 Å². The summed E-state index contributed by atoms with van der Waals surface area (Å²) in [4.78, 5) is 68.2. The van der Waals surface area contributed by atoms with Crippen LogP contribution in [-0.2, 0) is 25.7 Å². The standard InChI is InChI=1S/C26H37N5O8S3/c1-18-20(39-26(36)38-18)17-37-25(35)30(2)14-13-28-24(34)19(16-21(32)29-40-4)31(3)23(33)11-6-5-9-15-41-42-22-10-7-8-12-27-22/h7-8,10,12,19,40H,4-6,9,11,13-17H2,1-3H3,(H,28,34)(H,29,32)/t19-/m0/s1. The monoisotopic (exact) mass is 643 g/mol. The Hall–Kier alpha value is -3.24. The molecule has 2 rings (SSSR count). The molecule has 0 aliphatic rings. The lowest BCUT2D eigenvalue weighted by molar-refractivity contribution is -0.140. The molecule has 2 N–H and O–H groups in total. The van der Waals surface area contributed by atoms with Crippen molar-refractivity contribution in [1.82, 2.24) is 24.8 Å². The summed E-state index contributed by atoms with van der Waals surface area (Å²) in [7, 11) is 6.30. The van der Waals surface area contributed by atoms with Crippen LogP contribution in [0.15, 0.2) is 43.1 Å². The number of carbonyl (C=O) groups is 4. The van der Waals surface area contributed by atoms with Crippen molar-refractivity contribution in [3.05, 3.63) is 46.5 Å². The first-order chi connectivity index (χ1) is 20.1. The second-order valence-corrected chi connectivity index (χ2v) is 12.0. The lowest BCUT2D eigenvalue weighted by atomic mass is 10.1. The molecule has 0 bridgehead atoms. The number of rotatable bonds is 18. The topological polar surface area (TPSA) is 164 Å². The van der Waals surface area contributed by atoms with Crippen LogP contribution in [0.25, 0.3) is 0 Å². The number of aryl methyl sites for hydroxylation is 1. The van der Waals surface area contributed by atoms with Gasteiger partial charge in [0, 0.05) is 45.6 Å². The number of nitrogens with zero attached hydrogens (tertiary/aromatic N) is 3. The maximum absolute atomic E-state index is 13.0. The SMILES string of the molecule is C=[SH]NC(=O)C[C@@H](C(=O)NCCN(C)C(=O)OCc1oc(=O)oc1C)N(C)C(=O)CCCCCSSc1ccccn1. The minimum atomic E-state index is -1.03. The molecule has 0 saturated carbocycles. The van der Waals surface area contributed by atoms with Gasteiger partial charge in [-0.05, 0) is 42.7 Å². The summed E-state index contributed by atoms with van der Waals surface area (Å²) >= 11 is 0.384. The van der Waals surface area contributed by atoms with Gasteiger partial charge in [0.15, 0.2) is 18.1 Å². The molecule has 0 unspecified atom stereocenters. The van der Waals surface area contributed by atoms with Gasteiger partial charge >= 0.3 is 11.9 Å². The van der Waals surface area contributed by atoms with Crippen molar-refractivity contribution in [2.45, 2.75) is 56.7 Å². The van der Waals surface area contributed by atoms with E-state index in [9.17, 15) is 24.0 Å². The molecule has 2 aromatic heterocycles. The number of ether oxygens (including phenoxy) is 1. The smallest absolute Gasteiger partial charge is 0.441 e. The van der Waals surface area contributed by atoms with Gasteiger partial charge in [0.2, 0.25) is 17.7 Å². The molecule has 0 radical (unpaired) electrons. The fraction of sp³-hybridized carbons (Fsp3) is 0.500. The van der Waals surface area contributed by atoms with Gasteiger partial charge in [-0.25, -0.2) is 14.6 Å². The number of pyridine rings is 1. The molecule has 4 amide bonds. The fourth-order valence-corrected chi connectivity index (χ4v) is 5.77. The first-order valence-corrected chi connectivity index (χ1v) is 16.5. The third kappa shape index (κ3) is 12.7. The zero-order chi connectivity index (χ0) is 30.9. The van der Waals surface area contributed by atoms with E-state index in [1.165, 1.54) is 30.8 Å². The summed E-state index contributed by atoms with van der Waals surface area (Å²) < 4.78 is 17.1. The minimum absolute atomic E-state index is 0.0478. The molecule has 0 saturated heterocycles. The number of aromatic nitrogens is 1. The molecule has 0 aliphatic heterocycles. The highest BCUT2D eigenvalue weighted by Gasteiger charge is 2.29. The van der Waals surface area contributed by atoms with Crippen molar-refractivity contribution in [1.29, 1.82) is 0 Å². The van der Waals surface area contributed by atoms with Crippen LogP contribution in [0.5, 0.6) is 0 Å². The highest BCUT2D eigenvalue weighted by Crippen LogP contribution is 2.29. The van der Waals surface area contributed by atoms with Crippen LogP contribution >= 0.6 is 33.1 Å².